The molecule has 3 aromatic rings. The summed E-state index contributed by atoms with van der Waals surface area (Å²) in [5, 5.41) is 28.8. The van der Waals surface area contributed by atoms with E-state index in [0.717, 1.165) is 70.7 Å². The Balaban J connectivity index is 1.02. The number of carbonyl (C=O) groups is 2. The summed E-state index contributed by atoms with van der Waals surface area (Å²) in [6.45, 7) is 10.4. The van der Waals surface area contributed by atoms with E-state index >= 15 is 4.79 Å². The van der Waals surface area contributed by atoms with Gasteiger partial charge in [0.25, 0.3) is 0 Å². The fourth-order valence-electron chi connectivity index (χ4n) is 14.7. The molecule has 12 rings (SSSR count). The van der Waals surface area contributed by atoms with Crippen LogP contribution in [0.1, 0.15) is 102 Å². The SMILES string of the molecule is COc1ccc(NC(=O)N(C[C@@H]2CC[C@H]3C[C@@H]2C3(C)C)C[C@]2(O)CC[C@H]3[C@]45C=C[C@@]6(C=C4C(=O)c4cc7ccccc7s4)CC(O)CC[C@]6(C)[C@H]5CC[C@@]32C)cc1. The van der Waals surface area contributed by atoms with Crippen molar-refractivity contribution in [3.05, 3.63) is 83.3 Å². The normalized spacial score (nSPS) is 40.6. The molecule has 1 unspecified atom stereocenters. The number of rotatable bonds is 8. The molecule has 6 fully saturated rings. The molecule has 1 aromatic heterocycles. The molecule has 2 aromatic carbocycles. The van der Waals surface area contributed by atoms with Gasteiger partial charge in [0.2, 0.25) is 0 Å². The van der Waals surface area contributed by atoms with Gasteiger partial charge in [-0.15, -0.1) is 11.3 Å². The molecular weight excluding hydrogens is 729 g/mol. The van der Waals surface area contributed by atoms with Gasteiger partial charge in [-0.2, -0.15) is 0 Å². The second-order valence-electron chi connectivity index (χ2n) is 20.5. The zero-order valence-corrected chi connectivity index (χ0v) is 35.2. The predicted octanol–water partition coefficient (Wildman–Crippen LogP) is 10.3. The first kappa shape index (κ1) is 37.8. The highest BCUT2D eigenvalue weighted by Gasteiger charge is 2.74. The Labute approximate surface area is 341 Å². The number of thiophene rings is 1. The molecule has 57 heavy (non-hydrogen) atoms. The minimum Gasteiger partial charge on any atom is -0.497 e. The molecule has 7 nitrogen and oxygen atoms in total. The summed E-state index contributed by atoms with van der Waals surface area (Å²) in [6.07, 6.45) is 15.6. The van der Waals surface area contributed by atoms with Crippen molar-refractivity contribution in [2.24, 2.45) is 56.7 Å². The highest BCUT2D eigenvalue weighted by molar-refractivity contribution is 7.21. The van der Waals surface area contributed by atoms with Crippen LogP contribution in [0.25, 0.3) is 10.1 Å². The van der Waals surface area contributed by atoms with Crippen molar-refractivity contribution in [1.82, 2.24) is 4.90 Å². The van der Waals surface area contributed by atoms with Crippen molar-refractivity contribution in [2.75, 3.05) is 25.5 Å². The van der Waals surface area contributed by atoms with E-state index in [0.29, 0.717) is 36.9 Å². The van der Waals surface area contributed by atoms with Gasteiger partial charge in [0.05, 0.1) is 30.2 Å². The van der Waals surface area contributed by atoms with Gasteiger partial charge in [0.15, 0.2) is 5.78 Å². The van der Waals surface area contributed by atoms with Crippen molar-refractivity contribution in [2.45, 2.75) is 104 Å². The molecule has 1 heterocycles. The molecular formula is C49H60N2O5S. The molecule has 11 atom stereocenters. The first-order valence-corrected chi connectivity index (χ1v) is 22.6. The number of ether oxygens (including phenoxy) is 1. The van der Waals surface area contributed by atoms with E-state index in [1.54, 1.807) is 18.4 Å². The zero-order chi connectivity index (χ0) is 39.8. The van der Waals surface area contributed by atoms with Crippen LogP contribution in [0.15, 0.2) is 78.4 Å². The smallest absolute Gasteiger partial charge is 0.321 e. The number of aliphatic hydroxyl groups is 2. The van der Waals surface area contributed by atoms with E-state index in [-0.39, 0.29) is 46.4 Å². The van der Waals surface area contributed by atoms with Gasteiger partial charge in [0.1, 0.15) is 5.75 Å². The summed E-state index contributed by atoms with van der Waals surface area (Å²) in [5.41, 5.74) is -0.855. The highest BCUT2D eigenvalue weighted by atomic mass is 32.1. The Morgan fingerprint density at radius 3 is 2.39 bits per heavy atom. The zero-order valence-electron chi connectivity index (χ0n) is 34.4. The maximum absolute atomic E-state index is 15.2. The number of fused-ring (bicyclic) bond motifs is 4. The molecule has 3 N–H and O–H groups in total. The number of anilines is 1. The van der Waals surface area contributed by atoms with E-state index in [9.17, 15) is 15.0 Å². The largest absolute Gasteiger partial charge is 0.497 e. The third-order valence-corrected chi connectivity index (χ3v) is 19.3. The minimum atomic E-state index is -1.14. The maximum Gasteiger partial charge on any atom is 0.321 e. The van der Waals surface area contributed by atoms with Gasteiger partial charge in [-0.25, -0.2) is 4.79 Å². The monoisotopic (exact) mass is 788 g/mol. The number of carbonyl (C=O) groups excluding carboxylic acids is 2. The first-order valence-electron chi connectivity index (χ1n) is 21.7. The lowest BCUT2D eigenvalue weighted by Gasteiger charge is -2.71. The van der Waals surface area contributed by atoms with E-state index in [2.05, 4.69) is 69.4 Å². The van der Waals surface area contributed by atoms with Gasteiger partial charge < -0.3 is 25.2 Å². The molecule has 8 heteroatoms. The molecule has 6 saturated carbocycles. The molecule has 2 amide bonds. The Hall–Kier alpha value is -3.46. The number of ketones is 1. The van der Waals surface area contributed by atoms with Crippen LogP contribution in [-0.2, 0) is 0 Å². The van der Waals surface area contributed by atoms with Crippen molar-refractivity contribution in [3.63, 3.8) is 0 Å². The number of allylic oxidation sites excluding steroid dienone is 4. The van der Waals surface area contributed by atoms with Crippen molar-refractivity contribution in [3.8, 4) is 5.75 Å². The Kier molecular flexibility index (Phi) is 8.47. The van der Waals surface area contributed by atoms with Crippen LogP contribution in [-0.4, -0.2) is 58.8 Å². The van der Waals surface area contributed by atoms with Crippen molar-refractivity contribution in [1.29, 1.82) is 0 Å². The summed E-state index contributed by atoms with van der Waals surface area (Å²) in [4.78, 5) is 32.5. The van der Waals surface area contributed by atoms with Crippen LogP contribution in [0, 0.1) is 56.7 Å². The Morgan fingerprint density at radius 1 is 0.912 bits per heavy atom. The average molecular weight is 789 g/mol. The van der Waals surface area contributed by atoms with Gasteiger partial charge >= 0.3 is 6.03 Å². The number of amides is 2. The number of hydrogen-bond acceptors (Lipinski definition) is 6. The number of nitrogens with one attached hydrogen (secondary N) is 1. The van der Waals surface area contributed by atoms with Gasteiger partial charge in [-0.1, -0.05) is 64.1 Å². The fourth-order valence-corrected chi connectivity index (χ4v) is 15.7. The van der Waals surface area contributed by atoms with Crippen LogP contribution < -0.4 is 10.1 Å². The van der Waals surface area contributed by atoms with Crippen LogP contribution >= 0.6 is 11.3 Å². The lowest BCUT2D eigenvalue weighted by molar-refractivity contribution is -0.176. The van der Waals surface area contributed by atoms with E-state index in [1.807, 2.05) is 41.3 Å². The Morgan fingerprint density at radius 2 is 1.65 bits per heavy atom. The summed E-state index contributed by atoms with van der Waals surface area (Å²) in [6, 6.07) is 17.6. The third kappa shape index (κ3) is 5.21. The average Bonchev–Trinajstić information content (AvgIpc) is 3.76. The summed E-state index contributed by atoms with van der Waals surface area (Å²) >= 11 is 1.58. The first-order chi connectivity index (χ1) is 27.2. The van der Waals surface area contributed by atoms with Crippen LogP contribution in [0.2, 0.25) is 0 Å². The quantitative estimate of drug-likeness (QED) is 0.156. The summed E-state index contributed by atoms with van der Waals surface area (Å²) in [7, 11) is 1.64. The standard InChI is InChI=1S/C49H60N2O5S/c1-44(2)32-11-10-31(36(44)25-32)28-51(43(54)50-33-12-14-35(56-5)15-13-33)29-48(55)21-18-41-46(48,4)20-17-40-45(3)19-16-34(52)26-47(45)22-23-49(40,41)37(27-47)42(53)39-24-30-8-6-7-9-38(30)57-39/h6-9,12-15,22-24,27,31-32,34,36,40-41,52,55H,10-11,16-21,25-26,28-29H2,1-5H3,(H,50,54)/t31-,32-,34?,36-,40+,41+,45+,46-,47-,48+,49+/m0/s1. The number of urea groups is 1. The summed E-state index contributed by atoms with van der Waals surface area (Å²) in [5.74, 6) is 2.79. The third-order valence-electron chi connectivity index (χ3n) is 18.1. The Bertz CT molecular complexity index is 2160. The summed E-state index contributed by atoms with van der Waals surface area (Å²) < 4.78 is 6.49. The molecule has 0 aliphatic heterocycles. The molecule has 0 saturated heterocycles. The lowest BCUT2D eigenvalue weighted by Crippen LogP contribution is -2.67. The number of nitrogens with zero attached hydrogens (tertiary/aromatic N) is 1. The van der Waals surface area contributed by atoms with Crippen molar-refractivity contribution >= 4 is 38.9 Å². The van der Waals surface area contributed by atoms with Crippen molar-refractivity contribution < 1.29 is 24.5 Å². The molecule has 9 aliphatic rings. The molecule has 302 valence electrons. The molecule has 9 aliphatic carbocycles. The van der Waals surface area contributed by atoms with E-state index in [4.69, 9.17) is 4.74 Å². The lowest BCUT2D eigenvalue weighted by atomic mass is 9.32. The second-order valence-corrected chi connectivity index (χ2v) is 21.6. The molecule has 0 radical (unpaired) electrons. The van der Waals surface area contributed by atoms with Gasteiger partial charge in [-0.3, -0.25) is 4.79 Å². The molecule has 2 spiro atoms. The predicted molar refractivity (Wildman–Crippen MR) is 226 cm³/mol. The minimum absolute atomic E-state index is 0.0176. The number of aliphatic hydroxyl groups excluding tert-OH is 1. The van der Waals surface area contributed by atoms with Gasteiger partial charge in [-0.05, 0) is 146 Å². The van der Waals surface area contributed by atoms with Crippen LogP contribution in [0.3, 0.4) is 0 Å². The van der Waals surface area contributed by atoms with E-state index < -0.39 is 22.5 Å². The number of hydrogen-bond donors (Lipinski definition) is 3. The molecule has 4 bridgehead atoms. The second kappa shape index (κ2) is 12.8. The number of methoxy groups -OCH3 is 1. The number of Topliss-reactive ketones (excluding diaryl/α,β-unsaturated/α-hetero) is 1. The van der Waals surface area contributed by atoms with Gasteiger partial charge in [0, 0.05) is 38.8 Å². The maximum atomic E-state index is 15.2. The van der Waals surface area contributed by atoms with E-state index in [1.165, 1.54) is 12.8 Å². The fraction of sp³-hybridized carbons (Fsp3) is 0.592. The topological polar surface area (TPSA) is 99.1 Å². The van der Waals surface area contributed by atoms with Crippen LogP contribution in [0.5, 0.6) is 5.75 Å². The highest BCUT2D eigenvalue weighted by Crippen LogP contribution is 2.78. The number of benzene rings is 2. The van der Waals surface area contributed by atoms with Crippen LogP contribution in [0.4, 0.5) is 10.5 Å².